The Labute approximate surface area is 98.4 Å². The Bertz CT molecular complexity index is 257. The van der Waals surface area contributed by atoms with Crippen LogP contribution in [0.1, 0.15) is 27.2 Å². The third kappa shape index (κ3) is 4.09. The number of nitrogens with two attached hydrogens (primary N) is 1. The fourth-order valence-electron chi connectivity index (χ4n) is 1.75. The van der Waals surface area contributed by atoms with Crippen LogP contribution in [0.25, 0.3) is 0 Å². The standard InChI is InChI=1S/C12H23N3O/c1-10(14)11-8-15(6-7-16-11)5-4-12(2,3)9-13/h10-11H,4-8,14H2,1-3H3. The first-order valence-corrected chi connectivity index (χ1v) is 5.95. The van der Waals surface area contributed by atoms with Gasteiger partial charge in [0.15, 0.2) is 0 Å². The highest BCUT2D eigenvalue weighted by atomic mass is 16.5. The Balaban J connectivity index is 2.36. The van der Waals surface area contributed by atoms with Crippen LogP contribution >= 0.6 is 0 Å². The van der Waals surface area contributed by atoms with E-state index < -0.39 is 0 Å². The van der Waals surface area contributed by atoms with Crippen molar-refractivity contribution in [2.45, 2.75) is 39.3 Å². The van der Waals surface area contributed by atoms with E-state index in [1.165, 1.54) is 0 Å². The van der Waals surface area contributed by atoms with E-state index in [9.17, 15) is 0 Å². The summed E-state index contributed by atoms with van der Waals surface area (Å²) in [5.74, 6) is 0. The van der Waals surface area contributed by atoms with E-state index in [2.05, 4.69) is 11.0 Å². The molecule has 4 heteroatoms. The van der Waals surface area contributed by atoms with Crippen LogP contribution < -0.4 is 5.73 Å². The topological polar surface area (TPSA) is 62.3 Å². The van der Waals surface area contributed by atoms with Crippen molar-refractivity contribution in [2.24, 2.45) is 11.1 Å². The summed E-state index contributed by atoms with van der Waals surface area (Å²) in [6.45, 7) is 9.48. The highest BCUT2D eigenvalue weighted by Crippen LogP contribution is 2.20. The molecule has 92 valence electrons. The Kier molecular flexibility index (Phi) is 4.72. The van der Waals surface area contributed by atoms with Crippen LogP contribution in [0.15, 0.2) is 0 Å². The number of hydrogen-bond donors (Lipinski definition) is 1. The van der Waals surface area contributed by atoms with Gasteiger partial charge in [-0.25, -0.2) is 0 Å². The van der Waals surface area contributed by atoms with Crippen molar-refractivity contribution in [2.75, 3.05) is 26.2 Å². The first kappa shape index (κ1) is 13.4. The van der Waals surface area contributed by atoms with Gasteiger partial charge in [-0.15, -0.1) is 0 Å². The summed E-state index contributed by atoms with van der Waals surface area (Å²) < 4.78 is 5.60. The lowest BCUT2D eigenvalue weighted by Crippen LogP contribution is -2.50. The molecule has 0 aromatic rings. The first-order chi connectivity index (χ1) is 7.44. The molecule has 0 spiro atoms. The van der Waals surface area contributed by atoms with Crippen molar-refractivity contribution in [1.82, 2.24) is 4.90 Å². The van der Waals surface area contributed by atoms with Crippen molar-refractivity contribution in [3.63, 3.8) is 0 Å². The Morgan fingerprint density at radius 3 is 2.88 bits per heavy atom. The molecule has 0 aliphatic carbocycles. The van der Waals surface area contributed by atoms with Gasteiger partial charge >= 0.3 is 0 Å². The molecular weight excluding hydrogens is 202 g/mol. The molecule has 0 bridgehead atoms. The van der Waals surface area contributed by atoms with Gasteiger partial charge in [-0.2, -0.15) is 5.26 Å². The average molecular weight is 225 g/mol. The van der Waals surface area contributed by atoms with E-state index in [4.69, 9.17) is 15.7 Å². The zero-order valence-electron chi connectivity index (χ0n) is 10.6. The Morgan fingerprint density at radius 1 is 1.62 bits per heavy atom. The van der Waals surface area contributed by atoms with Gasteiger partial charge in [0.25, 0.3) is 0 Å². The first-order valence-electron chi connectivity index (χ1n) is 5.95. The fraction of sp³-hybridized carbons (Fsp3) is 0.917. The van der Waals surface area contributed by atoms with Gasteiger partial charge in [0, 0.05) is 19.1 Å². The minimum Gasteiger partial charge on any atom is -0.374 e. The summed E-state index contributed by atoms with van der Waals surface area (Å²) in [4.78, 5) is 2.34. The zero-order chi connectivity index (χ0) is 12.2. The summed E-state index contributed by atoms with van der Waals surface area (Å²) in [5.41, 5.74) is 5.60. The van der Waals surface area contributed by atoms with E-state index in [0.717, 1.165) is 32.7 Å². The third-order valence-electron chi connectivity index (χ3n) is 3.12. The van der Waals surface area contributed by atoms with E-state index >= 15 is 0 Å². The second-order valence-corrected chi connectivity index (χ2v) is 5.31. The molecule has 1 saturated heterocycles. The summed E-state index contributed by atoms with van der Waals surface area (Å²) >= 11 is 0. The van der Waals surface area contributed by atoms with E-state index in [-0.39, 0.29) is 17.6 Å². The average Bonchev–Trinajstić information content (AvgIpc) is 2.27. The van der Waals surface area contributed by atoms with E-state index in [1.54, 1.807) is 0 Å². The predicted molar refractivity (Wildman–Crippen MR) is 63.8 cm³/mol. The second-order valence-electron chi connectivity index (χ2n) is 5.31. The monoisotopic (exact) mass is 225 g/mol. The van der Waals surface area contributed by atoms with Crippen LogP contribution in [0.4, 0.5) is 0 Å². The highest BCUT2D eigenvalue weighted by molar-refractivity contribution is 4.92. The van der Waals surface area contributed by atoms with Crippen LogP contribution in [-0.4, -0.2) is 43.3 Å². The summed E-state index contributed by atoms with van der Waals surface area (Å²) in [7, 11) is 0. The molecule has 0 radical (unpaired) electrons. The lowest BCUT2D eigenvalue weighted by atomic mass is 9.91. The highest BCUT2D eigenvalue weighted by Gasteiger charge is 2.25. The van der Waals surface area contributed by atoms with Crippen LogP contribution in [-0.2, 0) is 4.74 Å². The lowest BCUT2D eigenvalue weighted by molar-refractivity contribution is -0.0393. The van der Waals surface area contributed by atoms with Crippen molar-refractivity contribution >= 4 is 0 Å². The number of nitrogens with zero attached hydrogens (tertiary/aromatic N) is 2. The summed E-state index contributed by atoms with van der Waals surface area (Å²) in [6.07, 6.45) is 1.04. The Morgan fingerprint density at radius 2 is 2.31 bits per heavy atom. The molecule has 0 aromatic heterocycles. The van der Waals surface area contributed by atoms with E-state index in [0.29, 0.717) is 0 Å². The second kappa shape index (κ2) is 5.62. The van der Waals surface area contributed by atoms with Crippen LogP contribution in [0.2, 0.25) is 0 Å². The van der Waals surface area contributed by atoms with Crippen molar-refractivity contribution < 1.29 is 4.74 Å². The molecule has 1 fully saturated rings. The minimum absolute atomic E-state index is 0.0757. The van der Waals surface area contributed by atoms with Gasteiger partial charge in [0.2, 0.25) is 0 Å². The molecule has 0 saturated carbocycles. The molecule has 16 heavy (non-hydrogen) atoms. The maximum Gasteiger partial charge on any atom is 0.0850 e. The molecular formula is C12H23N3O. The molecule has 1 rings (SSSR count). The van der Waals surface area contributed by atoms with Gasteiger partial charge in [-0.3, -0.25) is 4.90 Å². The predicted octanol–water partition coefficient (Wildman–Crippen LogP) is 0.974. The largest absolute Gasteiger partial charge is 0.374 e. The van der Waals surface area contributed by atoms with Crippen LogP contribution in [0.5, 0.6) is 0 Å². The molecule has 1 aliphatic heterocycles. The van der Waals surface area contributed by atoms with Crippen molar-refractivity contribution in [3.8, 4) is 6.07 Å². The number of nitriles is 1. The van der Waals surface area contributed by atoms with Crippen LogP contribution in [0, 0.1) is 16.7 Å². The number of rotatable bonds is 4. The molecule has 2 N–H and O–H groups in total. The lowest BCUT2D eigenvalue weighted by Gasteiger charge is -2.35. The van der Waals surface area contributed by atoms with Crippen LogP contribution in [0.3, 0.4) is 0 Å². The number of ether oxygens (including phenoxy) is 1. The SMILES string of the molecule is CC(N)C1CN(CCC(C)(C)C#N)CCO1. The van der Waals surface area contributed by atoms with Gasteiger partial charge in [0.1, 0.15) is 0 Å². The quantitative estimate of drug-likeness (QED) is 0.774. The van der Waals surface area contributed by atoms with Gasteiger partial charge in [-0.1, -0.05) is 0 Å². The maximum atomic E-state index is 8.95. The molecule has 0 amide bonds. The molecule has 1 aliphatic rings. The van der Waals surface area contributed by atoms with E-state index in [1.807, 2.05) is 20.8 Å². The summed E-state index contributed by atoms with van der Waals surface area (Å²) in [5, 5.41) is 8.95. The summed E-state index contributed by atoms with van der Waals surface area (Å²) in [6, 6.07) is 2.41. The van der Waals surface area contributed by atoms with Gasteiger partial charge in [0.05, 0.1) is 24.2 Å². The van der Waals surface area contributed by atoms with Crippen molar-refractivity contribution in [1.29, 1.82) is 5.26 Å². The molecule has 2 atom stereocenters. The fourth-order valence-corrected chi connectivity index (χ4v) is 1.75. The molecule has 0 aromatic carbocycles. The minimum atomic E-state index is -0.234. The smallest absolute Gasteiger partial charge is 0.0850 e. The molecule has 1 heterocycles. The third-order valence-corrected chi connectivity index (χ3v) is 3.12. The Hall–Kier alpha value is -0.630. The zero-order valence-corrected chi connectivity index (χ0v) is 10.6. The van der Waals surface area contributed by atoms with Crippen molar-refractivity contribution in [3.05, 3.63) is 0 Å². The number of hydrogen-bond acceptors (Lipinski definition) is 4. The van der Waals surface area contributed by atoms with Gasteiger partial charge in [-0.05, 0) is 33.7 Å². The van der Waals surface area contributed by atoms with Gasteiger partial charge < -0.3 is 10.5 Å². The maximum absolute atomic E-state index is 8.95. The number of morpholine rings is 1. The molecule has 4 nitrogen and oxygen atoms in total. The normalized spacial score (nSPS) is 25.1. The molecule has 2 unspecified atom stereocenters.